The second-order valence-corrected chi connectivity index (χ2v) is 9.43. The van der Waals surface area contributed by atoms with Gasteiger partial charge in [0.2, 0.25) is 0 Å². The molecule has 0 aromatic heterocycles. The number of rotatable bonds is 5. The van der Waals surface area contributed by atoms with Crippen LogP contribution in [-0.4, -0.2) is 63.7 Å². The van der Waals surface area contributed by atoms with Gasteiger partial charge in [0.25, 0.3) is 5.91 Å². The summed E-state index contributed by atoms with van der Waals surface area (Å²) in [5.41, 5.74) is 0.127. The highest BCUT2D eigenvalue weighted by molar-refractivity contribution is 7.92. The van der Waals surface area contributed by atoms with Crippen LogP contribution in [0.1, 0.15) is 18.4 Å². The average molecular weight is 413 g/mol. The van der Waals surface area contributed by atoms with Crippen molar-refractivity contribution in [2.24, 2.45) is 11.8 Å². The molecular weight excluding hydrogens is 389 g/mol. The standard InChI is InChI=1S/C18H24FN3O5S/c19-15-6-14(5-12-1-3-21(8-12)9-13-2-4-27-11-13)7-16(23)18(15)22-10-17(24)20-28(22,25)26/h6-7,12-13,23H,1-5,8-11H2,(H,20,24). The maximum atomic E-state index is 14.6. The monoisotopic (exact) mass is 413 g/mol. The number of anilines is 1. The number of ether oxygens (including phenoxy) is 1. The van der Waals surface area contributed by atoms with E-state index in [0.29, 0.717) is 28.1 Å². The maximum absolute atomic E-state index is 14.6. The van der Waals surface area contributed by atoms with Crippen LogP contribution in [0.2, 0.25) is 0 Å². The fraction of sp³-hybridized carbons (Fsp3) is 0.611. The van der Waals surface area contributed by atoms with Crippen LogP contribution < -0.4 is 9.03 Å². The van der Waals surface area contributed by atoms with Crippen LogP contribution in [0, 0.1) is 17.7 Å². The van der Waals surface area contributed by atoms with E-state index in [1.54, 1.807) is 4.72 Å². The average Bonchev–Trinajstić information content (AvgIpc) is 3.30. The van der Waals surface area contributed by atoms with Gasteiger partial charge in [-0.25, -0.2) is 13.4 Å². The zero-order chi connectivity index (χ0) is 19.9. The molecular formula is C18H24FN3O5S. The first-order chi connectivity index (χ1) is 13.3. The van der Waals surface area contributed by atoms with E-state index in [1.165, 1.54) is 12.1 Å². The number of nitrogens with one attached hydrogen (secondary N) is 1. The number of hydrogen-bond acceptors (Lipinski definition) is 6. The van der Waals surface area contributed by atoms with Gasteiger partial charge in [-0.3, -0.25) is 4.79 Å². The van der Waals surface area contributed by atoms with Crippen molar-refractivity contribution in [1.82, 2.24) is 9.62 Å². The normalized spacial score (nSPS) is 27.5. The molecule has 3 aliphatic rings. The number of benzene rings is 1. The van der Waals surface area contributed by atoms with Crippen LogP contribution in [0.4, 0.5) is 10.1 Å². The van der Waals surface area contributed by atoms with Gasteiger partial charge in [-0.2, -0.15) is 8.42 Å². The highest BCUT2D eigenvalue weighted by Crippen LogP contribution is 2.35. The molecule has 1 amide bonds. The van der Waals surface area contributed by atoms with E-state index in [0.717, 1.165) is 45.7 Å². The number of hydrogen-bond donors (Lipinski definition) is 2. The molecule has 3 saturated heterocycles. The lowest BCUT2D eigenvalue weighted by Crippen LogP contribution is -2.30. The molecule has 0 spiro atoms. The molecule has 3 fully saturated rings. The summed E-state index contributed by atoms with van der Waals surface area (Å²) >= 11 is 0. The number of aromatic hydroxyl groups is 1. The molecule has 0 saturated carbocycles. The van der Waals surface area contributed by atoms with Gasteiger partial charge in [-0.1, -0.05) is 0 Å². The minimum Gasteiger partial charge on any atom is -0.506 e. The molecule has 0 bridgehead atoms. The van der Waals surface area contributed by atoms with Crippen molar-refractivity contribution >= 4 is 21.8 Å². The lowest BCUT2D eigenvalue weighted by molar-refractivity contribution is -0.117. The topological polar surface area (TPSA) is 99.2 Å². The molecule has 3 aliphatic heterocycles. The van der Waals surface area contributed by atoms with Crippen molar-refractivity contribution in [2.45, 2.75) is 19.3 Å². The number of phenols is 1. The third-order valence-corrected chi connectivity index (χ3v) is 6.98. The zero-order valence-corrected chi connectivity index (χ0v) is 16.3. The first-order valence-electron chi connectivity index (χ1n) is 9.46. The molecule has 28 heavy (non-hydrogen) atoms. The van der Waals surface area contributed by atoms with Crippen molar-refractivity contribution < 1.29 is 27.4 Å². The van der Waals surface area contributed by atoms with Crippen molar-refractivity contribution in [2.75, 3.05) is 43.7 Å². The minimum absolute atomic E-state index is 0.353. The first-order valence-corrected chi connectivity index (χ1v) is 10.9. The van der Waals surface area contributed by atoms with Gasteiger partial charge < -0.3 is 14.7 Å². The van der Waals surface area contributed by atoms with Crippen LogP contribution >= 0.6 is 0 Å². The second kappa shape index (κ2) is 7.49. The molecule has 1 aromatic rings. The highest BCUT2D eigenvalue weighted by Gasteiger charge is 2.37. The highest BCUT2D eigenvalue weighted by atomic mass is 32.2. The van der Waals surface area contributed by atoms with Gasteiger partial charge in [0, 0.05) is 19.7 Å². The van der Waals surface area contributed by atoms with Crippen LogP contribution in [-0.2, 0) is 26.2 Å². The van der Waals surface area contributed by atoms with Gasteiger partial charge in [-0.15, -0.1) is 0 Å². The number of amides is 1. The van der Waals surface area contributed by atoms with E-state index < -0.39 is 39.9 Å². The summed E-state index contributed by atoms with van der Waals surface area (Å²) in [5.74, 6) is -1.16. The van der Waals surface area contributed by atoms with Gasteiger partial charge in [0.15, 0.2) is 5.82 Å². The van der Waals surface area contributed by atoms with Gasteiger partial charge >= 0.3 is 10.2 Å². The van der Waals surface area contributed by atoms with E-state index in [4.69, 9.17) is 4.74 Å². The Kier molecular flexibility index (Phi) is 5.19. The Balaban J connectivity index is 1.43. The molecule has 154 valence electrons. The quantitative estimate of drug-likeness (QED) is 0.734. The van der Waals surface area contributed by atoms with Gasteiger partial charge in [0.1, 0.15) is 18.0 Å². The number of carbonyl (C=O) groups is 1. The minimum atomic E-state index is -4.17. The Morgan fingerprint density at radius 3 is 2.75 bits per heavy atom. The van der Waals surface area contributed by atoms with E-state index in [-0.39, 0.29) is 0 Å². The van der Waals surface area contributed by atoms with Crippen LogP contribution in [0.25, 0.3) is 0 Å². The molecule has 3 heterocycles. The Morgan fingerprint density at radius 2 is 2.11 bits per heavy atom. The number of likely N-dealkylation sites (tertiary alicyclic amines) is 1. The molecule has 10 heteroatoms. The second-order valence-electron chi connectivity index (χ2n) is 7.83. The first kappa shape index (κ1) is 19.4. The molecule has 4 rings (SSSR count). The fourth-order valence-electron chi connectivity index (χ4n) is 4.32. The Bertz CT molecular complexity index is 849. The zero-order valence-electron chi connectivity index (χ0n) is 15.4. The number of phenolic OH excluding ortho intramolecular Hbond substituents is 1. The number of nitrogens with zero attached hydrogens (tertiary/aromatic N) is 2. The van der Waals surface area contributed by atoms with Crippen LogP contribution in [0.15, 0.2) is 12.1 Å². The SMILES string of the molecule is O=C1CN(c2c(O)cc(CC3CCN(CC4CCOC4)C3)cc2F)S(=O)(=O)N1. The van der Waals surface area contributed by atoms with E-state index in [1.807, 2.05) is 0 Å². The summed E-state index contributed by atoms with van der Waals surface area (Å²) in [6.07, 6.45) is 2.70. The summed E-state index contributed by atoms with van der Waals surface area (Å²) in [6.45, 7) is 4.03. The fourth-order valence-corrected chi connectivity index (χ4v) is 5.49. The Hall–Kier alpha value is -1.91. The van der Waals surface area contributed by atoms with E-state index in [9.17, 15) is 22.7 Å². The van der Waals surface area contributed by atoms with Crippen molar-refractivity contribution in [1.29, 1.82) is 0 Å². The van der Waals surface area contributed by atoms with E-state index >= 15 is 0 Å². The maximum Gasteiger partial charge on any atom is 0.326 e. The molecule has 1 aromatic carbocycles. The molecule has 0 aliphatic carbocycles. The van der Waals surface area contributed by atoms with Crippen molar-refractivity contribution in [3.63, 3.8) is 0 Å². The summed E-state index contributed by atoms with van der Waals surface area (Å²) in [6, 6.07) is 2.64. The van der Waals surface area contributed by atoms with Gasteiger partial charge in [0.05, 0.1) is 6.61 Å². The van der Waals surface area contributed by atoms with Crippen LogP contribution in [0.3, 0.4) is 0 Å². The summed E-state index contributed by atoms with van der Waals surface area (Å²) in [7, 11) is -4.17. The Labute approximate surface area is 163 Å². The molecule has 8 nitrogen and oxygen atoms in total. The van der Waals surface area contributed by atoms with Crippen molar-refractivity contribution in [3.8, 4) is 5.75 Å². The van der Waals surface area contributed by atoms with Crippen molar-refractivity contribution in [3.05, 3.63) is 23.5 Å². The smallest absolute Gasteiger partial charge is 0.326 e. The summed E-state index contributed by atoms with van der Waals surface area (Å²) in [4.78, 5) is 13.8. The lowest BCUT2D eigenvalue weighted by Gasteiger charge is -2.20. The third kappa shape index (κ3) is 3.94. The molecule has 2 unspecified atom stereocenters. The summed E-state index contributed by atoms with van der Waals surface area (Å²) < 4.78 is 46.2. The van der Waals surface area contributed by atoms with E-state index in [2.05, 4.69) is 4.90 Å². The number of carbonyl (C=O) groups excluding carboxylic acids is 1. The van der Waals surface area contributed by atoms with Crippen LogP contribution in [0.5, 0.6) is 5.75 Å². The van der Waals surface area contributed by atoms with Gasteiger partial charge in [-0.05, 0) is 55.3 Å². The molecule has 2 atom stereocenters. The predicted octanol–water partition coefficient (Wildman–Crippen LogP) is 0.613. The Morgan fingerprint density at radius 1 is 1.29 bits per heavy atom. The molecule has 0 radical (unpaired) electrons. The lowest BCUT2D eigenvalue weighted by atomic mass is 9.98. The third-order valence-electron chi connectivity index (χ3n) is 5.61. The number of halogens is 1. The molecule has 2 N–H and O–H groups in total. The summed E-state index contributed by atoms with van der Waals surface area (Å²) in [5, 5.41) is 10.3. The largest absolute Gasteiger partial charge is 0.506 e. The predicted molar refractivity (Wildman–Crippen MR) is 99.7 cm³/mol.